The van der Waals surface area contributed by atoms with Gasteiger partial charge >= 0.3 is 0 Å². The standard InChI is InChI=1S/C9H17NO/c1-4-5-6-7-11-9(10)8(2)3/h10H,2,4-7H2,1,3H3. The zero-order chi connectivity index (χ0) is 8.69. The molecule has 0 rings (SSSR count). The lowest BCUT2D eigenvalue weighted by Crippen LogP contribution is -2.04. The Kier molecular flexibility index (Phi) is 5.53. The summed E-state index contributed by atoms with van der Waals surface area (Å²) in [4.78, 5) is 0. The van der Waals surface area contributed by atoms with Crippen molar-refractivity contribution in [2.24, 2.45) is 0 Å². The fourth-order valence-electron chi connectivity index (χ4n) is 0.649. The van der Waals surface area contributed by atoms with Crippen LogP contribution in [0.15, 0.2) is 12.2 Å². The molecule has 0 bridgehead atoms. The Morgan fingerprint density at radius 1 is 1.45 bits per heavy atom. The summed E-state index contributed by atoms with van der Waals surface area (Å²) in [6, 6.07) is 0. The van der Waals surface area contributed by atoms with Crippen LogP contribution in [0.3, 0.4) is 0 Å². The first-order valence-electron chi connectivity index (χ1n) is 4.05. The first-order chi connectivity index (χ1) is 5.18. The van der Waals surface area contributed by atoms with Gasteiger partial charge in [0.05, 0.1) is 6.61 Å². The van der Waals surface area contributed by atoms with Crippen LogP contribution in [0.4, 0.5) is 0 Å². The van der Waals surface area contributed by atoms with Gasteiger partial charge < -0.3 is 4.74 Å². The van der Waals surface area contributed by atoms with Crippen LogP contribution in [0.25, 0.3) is 0 Å². The van der Waals surface area contributed by atoms with Gasteiger partial charge in [0.2, 0.25) is 5.90 Å². The molecule has 0 aromatic carbocycles. The molecule has 0 spiro atoms. The van der Waals surface area contributed by atoms with Gasteiger partial charge in [-0.1, -0.05) is 26.3 Å². The van der Waals surface area contributed by atoms with Crippen molar-refractivity contribution in [1.29, 1.82) is 5.41 Å². The van der Waals surface area contributed by atoms with Crippen LogP contribution < -0.4 is 0 Å². The first kappa shape index (κ1) is 10.2. The van der Waals surface area contributed by atoms with Gasteiger partial charge in [-0.05, 0) is 13.3 Å². The van der Waals surface area contributed by atoms with Crippen molar-refractivity contribution < 1.29 is 4.74 Å². The molecule has 0 aliphatic carbocycles. The molecule has 0 aliphatic heterocycles. The third kappa shape index (κ3) is 5.64. The second kappa shape index (κ2) is 5.96. The minimum atomic E-state index is 0.223. The number of rotatable bonds is 5. The second-order valence-corrected chi connectivity index (χ2v) is 2.67. The van der Waals surface area contributed by atoms with Gasteiger partial charge in [0.25, 0.3) is 0 Å². The van der Waals surface area contributed by atoms with Crippen LogP contribution in [-0.4, -0.2) is 12.5 Å². The molecule has 0 amide bonds. The molecule has 11 heavy (non-hydrogen) atoms. The smallest absolute Gasteiger partial charge is 0.208 e. The largest absolute Gasteiger partial charge is 0.478 e. The Hall–Kier alpha value is -0.790. The van der Waals surface area contributed by atoms with E-state index in [1.165, 1.54) is 12.8 Å². The van der Waals surface area contributed by atoms with Crippen LogP contribution >= 0.6 is 0 Å². The predicted octanol–water partition coefficient (Wildman–Crippen LogP) is 2.75. The van der Waals surface area contributed by atoms with Crippen molar-refractivity contribution in [2.75, 3.05) is 6.61 Å². The average Bonchev–Trinajstić information content (AvgIpc) is 1.97. The Labute approximate surface area is 68.8 Å². The third-order valence-corrected chi connectivity index (χ3v) is 1.38. The van der Waals surface area contributed by atoms with Crippen molar-refractivity contribution in [3.05, 3.63) is 12.2 Å². The Morgan fingerprint density at radius 2 is 2.09 bits per heavy atom. The Balaban J connectivity index is 3.25. The monoisotopic (exact) mass is 155 g/mol. The molecular weight excluding hydrogens is 138 g/mol. The van der Waals surface area contributed by atoms with Crippen LogP contribution in [0.5, 0.6) is 0 Å². The first-order valence-corrected chi connectivity index (χ1v) is 4.05. The van der Waals surface area contributed by atoms with E-state index in [1.807, 2.05) is 0 Å². The van der Waals surface area contributed by atoms with E-state index in [2.05, 4.69) is 13.5 Å². The van der Waals surface area contributed by atoms with E-state index in [1.54, 1.807) is 6.92 Å². The molecule has 0 atom stereocenters. The summed E-state index contributed by atoms with van der Waals surface area (Å²) in [6.45, 7) is 8.18. The zero-order valence-electron chi connectivity index (χ0n) is 7.44. The molecule has 64 valence electrons. The van der Waals surface area contributed by atoms with E-state index in [0.29, 0.717) is 12.2 Å². The van der Waals surface area contributed by atoms with E-state index in [9.17, 15) is 0 Å². The summed E-state index contributed by atoms with van der Waals surface area (Å²) >= 11 is 0. The van der Waals surface area contributed by atoms with Crippen molar-refractivity contribution in [1.82, 2.24) is 0 Å². The highest BCUT2D eigenvalue weighted by atomic mass is 16.5. The zero-order valence-corrected chi connectivity index (χ0v) is 7.44. The molecule has 0 heterocycles. The summed E-state index contributed by atoms with van der Waals surface area (Å²) < 4.78 is 5.09. The SMILES string of the molecule is C=C(C)C(=N)OCCCCC. The summed E-state index contributed by atoms with van der Waals surface area (Å²) in [6.07, 6.45) is 3.39. The minimum absolute atomic E-state index is 0.223. The van der Waals surface area contributed by atoms with Crippen LogP contribution in [0, 0.1) is 5.41 Å². The Bertz CT molecular complexity index is 140. The molecule has 0 fully saturated rings. The second-order valence-electron chi connectivity index (χ2n) is 2.67. The third-order valence-electron chi connectivity index (χ3n) is 1.38. The summed E-state index contributed by atoms with van der Waals surface area (Å²) in [5.41, 5.74) is 0.696. The maximum atomic E-state index is 7.26. The Morgan fingerprint density at radius 3 is 2.55 bits per heavy atom. The molecular formula is C9H17NO. The van der Waals surface area contributed by atoms with Crippen molar-refractivity contribution in [3.63, 3.8) is 0 Å². The lowest BCUT2D eigenvalue weighted by molar-refractivity contribution is 0.291. The quantitative estimate of drug-likeness (QED) is 0.369. The molecule has 0 saturated carbocycles. The van der Waals surface area contributed by atoms with Gasteiger partial charge in [-0.3, -0.25) is 5.41 Å². The van der Waals surface area contributed by atoms with Gasteiger partial charge in [-0.15, -0.1) is 0 Å². The number of hydrogen-bond acceptors (Lipinski definition) is 2. The van der Waals surface area contributed by atoms with E-state index < -0.39 is 0 Å². The molecule has 2 nitrogen and oxygen atoms in total. The van der Waals surface area contributed by atoms with Gasteiger partial charge in [0, 0.05) is 5.57 Å². The van der Waals surface area contributed by atoms with Crippen molar-refractivity contribution >= 4 is 5.90 Å². The van der Waals surface area contributed by atoms with Crippen molar-refractivity contribution in [2.45, 2.75) is 33.1 Å². The predicted molar refractivity (Wildman–Crippen MR) is 48.0 cm³/mol. The number of ether oxygens (including phenoxy) is 1. The minimum Gasteiger partial charge on any atom is -0.478 e. The van der Waals surface area contributed by atoms with Gasteiger partial charge in [-0.25, -0.2) is 0 Å². The lowest BCUT2D eigenvalue weighted by Gasteiger charge is -2.05. The summed E-state index contributed by atoms with van der Waals surface area (Å²) in [7, 11) is 0. The van der Waals surface area contributed by atoms with Crippen LogP contribution in [0.1, 0.15) is 33.1 Å². The van der Waals surface area contributed by atoms with E-state index >= 15 is 0 Å². The fraction of sp³-hybridized carbons (Fsp3) is 0.667. The maximum absolute atomic E-state index is 7.26. The lowest BCUT2D eigenvalue weighted by atomic mass is 10.3. The molecule has 0 aromatic rings. The van der Waals surface area contributed by atoms with E-state index in [-0.39, 0.29) is 5.90 Å². The summed E-state index contributed by atoms with van der Waals surface area (Å²) in [5, 5.41) is 7.26. The molecule has 0 unspecified atom stereocenters. The normalized spacial score (nSPS) is 9.27. The van der Waals surface area contributed by atoms with Gasteiger partial charge in [-0.2, -0.15) is 0 Å². The highest BCUT2D eigenvalue weighted by Crippen LogP contribution is 1.97. The number of hydrogen-bond donors (Lipinski definition) is 1. The van der Waals surface area contributed by atoms with E-state index in [4.69, 9.17) is 10.1 Å². The number of unbranched alkanes of at least 4 members (excludes halogenated alkanes) is 2. The molecule has 2 heteroatoms. The van der Waals surface area contributed by atoms with Gasteiger partial charge in [0.1, 0.15) is 0 Å². The average molecular weight is 155 g/mol. The van der Waals surface area contributed by atoms with Crippen LogP contribution in [0.2, 0.25) is 0 Å². The van der Waals surface area contributed by atoms with Crippen molar-refractivity contribution in [3.8, 4) is 0 Å². The van der Waals surface area contributed by atoms with Gasteiger partial charge in [0.15, 0.2) is 0 Å². The maximum Gasteiger partial charge on any atom is 0.208 e. The molecule has 0 aliphatic rings. The fourth-order valence-corrected chi connectivity index (χ4v) is 0.649. The molecule has 0 aromatic heterocycles. The summed E-state index contributed by atoms with van der Waals surface area (Å²) in [5.74, 6) is 0.223. The molecule has 0 radical (unpaired) electrons. The number of nitrogens with one attached hydrogen (secondary N) is 1. The van der Waals surface area contributed by atoms with E-state index in [0.717, 1.165) is 6.42 Å². The molecule has 0 saturated heterocycles. The topological polar surface area (TPSA) is 33.1 Å². The van der Waals surface area contributed by atoms with Crippen LogP contribution in [-0.2, 0) is 4.74 Å². The highest BCUT2D eigenvalue weighted by molar-refractivity contribution is 5.89. The highest BCUT2D eigenvalue weighted by Gasteiger charge is 1.96. The molecule has 1 N–H and O–H groups in total.